The van der Waals surface area contributed by atoms with Crippen LogP contribution in [0, 0.1) is 10.1 Å². The number of para-hydroxylation sites is 1. The molecule has 0 fully saturated rings. The van der Waals surface area contributed by atoms with Crippen LogP contribution in [-0.2, 0) is 4.43 Å². The van der Waals surface area contributed by atoms with E-state index in [9.17, 15) is 10.1 Å². The van der Waals surface area contributed by atoms with Crippen LogP contribution in [0.2, 0.25) is 5.04 Å². The normalized spacial score (nSPS) is 16.1. The van der Waals surface area contributed by atoms with Gasteiger partial charge in [0.15, 0.2) is 0 Å². The van der Waals surface area contributed by atoms with Crippen LogP contribution in [0.5, 0.6) is 5.75 Å². The Morgan fingerprint density at radius 2 is 1.62 bits per heavy atom. The van der Waals surface area contributed by atoms with Gasteiger partial charge in [0.05, 0.1) is 17.1 Å². The Labute approximate surface area is 205 Å². The summed E-state index contributed by atoms with van der Waals surface area (Å²) in [6.45, 7) is 7.02. The largest absolute Gasteiger partial charge is 0.484 e. The lowest BCUT2D eigenvalue weighted by Gasteiger charge is -2.43. The Kier molecular flexibility index (Phi) is 6.88. The molecule has 4 rings (SSSR count). The maximum Gasteiger partial charge on any atom is 0.311 e. The third-order valence-electron chi connectivity index (χ3n) is 6.04. The first-order chi connectivity index (χ1) is 16.2. The molecule has 1 aliphatic heterocycles. The van der Waals surface area contributed by atoms with E-state index in [-0.39, 0.29) is 34.9 Å². The molecule has 0 saturated heterocycles. The molecule has 0 saturated carbocycles. The molecule has 1 atom stereocenters. The number of rotatable bonds is 6. The highest BCUT2D eigenvalue weighted by molar-refractivity contribution is 6.99. The highest BCUT2D eigenvalue weighted by Gasteiger charge is 2.50. The van der Waals surface area contributed by atoms with Crippen molar-refractivity contribution in [3.8, 4) is 5.75 Å². The van der Waals surface area contributed by atoms with Crippen molar-refractivity contribution in [3.63, 3.8) is 0 Å². The highest BCUT2D eigenvalue weighted by Crippen LogP contribution is 2.38. The van der Waals surface area contributed by atoms with E-state index in [1.54, 1.807) is 12.1 Å². The number of halogens is 1. The van der Waals surface area contributed by atoms with Crippen LogP contribution < -0.4 is 15.1 Å². The van der Waals surface area contributed by atoms with E-state index in [1.165, 1.54) is 6.07 Å². The SMILES string of the molecule is CC(C)(C)[Si](OC[C@@H]1COc2c(cccc2[N+](=O)[O-])C(Cl)=N1)(c1ccccc1)c1ccccc1. The minimum Gasteiger partial charge on any atom is -0.484 e. The molecule has 176 valence electrons. The summed E-state index contributed by atoms with van der Waals surface area (Å²) >= 11 is 6.50. The van der Waals surface area contributed by atoms with Gasteiger partial charge >= 0.3 is 5.69 Å². The van der Waals surface area contributed by atoms with Gasteiger partial charge in [-0.3, -0.25) is 15.1 Å². The molecule has 0 spiro atoms. The van der Waals surface area contributed by atoms with Crippen LogP contribution >= 0.6 is 11.6 Å². The Bertz CT molecular complexity index is 1160. The lowest BCUT2D eigenvalue weighted by molar-refractivity contribution is -0.385. The fourth-order valence-electron chi connectivity index (χ4n) is 4.50. The molecule has 3 aromatic carbocycles. The van der Waals surface area contributed by atoms with Crippen molar-refractivity contribution < 1.29 is 14.1 Å². The van der Waals surface area contributed by atoms with E-state index >= 15 is 0 Å². The van der Waals surface area contributed by atoms with Crippen molar-refractivity contribution in [1.82, 2.24) is 0 Å². The molecule has 6 nitrogen and oxygen atoms in total. The highest BCUT2D eigenvalue weighted by atomic mass is 35.5. The van der Waals surface area contributed by atoms with E-state index in [0.29, 0.717) is 5.56 Å². The van der Waals surface area contributed by atoms with Crippen LogP contribution in [0.25, 0.3) is 0 Å². The topological polar surface area (TPSA) is 74.0 Å². The molecule has 0 unspecified atom stereocenters. The van der Waals surface area contributed by atoms with Crippen molar-refractivity contribution in [2.75, 3.05) is 13.2 Å². The molecule has 3 aromatic rings. The third-order valence-corrected chi connectivity index (χ3v) is 11.3. The molecule has 0 N–H and O–H groups in total. The summed E-state index contributed by atoms with van der Waals surface area (Å²) in [7, 11) is -2.76. The Morgan fingerprint density at radius 3 is 2.15 bits per heavy atom. The maximum atomic E-state index is 11.5. The minimum atomic E-state index is -2.76. The fourth-order valence-corrected chi connectivity index (χ4v) is 9.38. The van der Waals surface area contributed by atoms with E-state index in [1.807, 2.05) is 36.4 Å². The first-order valence-corrected chi connectivity index (χ1v) is 13.4. The zero-order valence-corrected chi connectivity index (χ0v) is 21.2. The second-order valence-corrected chi connectivity index (χ2v) is 13.9. The standard InChI is InChI=1S/C26H27ClN2O4Si/c1-26(2,3)34(20-11-6-4-7-12-20,21-13-8-5-9-14-21)33-18-19-17-32-24-22(25(27)28-19)15-10-16-23(24)29(30)31/h4-16,19H,17-18H2,1-3H3/t19-/m0/s1. The molecule has 8 heteroatoms. The quantitative estimate of drug-likeness (QED) is 0.277. The predicted octanol–water partition coefficient (Wildman–Crippen LogP) is 4.92. The van der Waals surface area contributed by atoms with Crippen LogP contribution in [0.1, 0.15) is 26.3 Å². The average molecular weight is 495 g/mol. The van der Waals surface area contributed by atoms with Crippen molar-refractivity contribution in [2.24, 2.45) is 4.99 Å². The van der Waals surface area contributed by atoms with Gasteiger partial charge in [-0.25, -0.2) is 0 Å². The second-order valence-electron chi connectivity index (χ2n) is 9.27. The summed E-state index contributed by atoms with van der Waals surface area (Å²) in [5.74, 6) is 0.147. The number of nitro benzene ring substituents is 1. The van der Waals surface area contributed by atoms with Gasteiger partial charge in [-0.15, -0.1) is 0 Å². The number of nitrogens with zero attached hydrogens (tertiary/aromatic N) is 2. The first-order valence-electron chi connectivity index (χ1n) is 11.1. The van der Waals surface area contributed by atoms with Gasteiger partial charge in [0, 0.05) is 6.07 Å². The third kappa shape index (κ3) is 4.51. The zero-order chi connectivity index (χ0) is 24.3. The molecule has 0 radical (unpaired) electrons. The van der Waals surface area contributed by atoms with E-state index in [2.05, 4.69) is 50.0 Å². The van der Waals surface area contributed by atoms with Gasteiger partial charge in [0.25, 0.3) is 8.32 Å². The molecule has 34 heavy (non-hydrogen) atoms. The fraction of sp³-hybridized carbons (Fsp3) is 0.269. The molecule has 1 aliphatic rings. The Hall–Kier alpha value is -3.00. The van der Waals surface area contributed by atoms with Gasteiger partial charge in [-0.2, -0.15) is 0 Å². The number of hydrogen-bond donors (Lipinski definition) is 0. The number of ether oxygens (including phenoxy) is 1. The lowest BCUT2D eigenvalue weighted by Crippen LogP contribution is -2.67. The first kappa shape index (κ1) is 24.1. The molecular weight excluding hydrogens is 468 g/mol. The number of nitro groups is 1. The predicted molar refractivity (Wildman–Crippen MR) is 138 cm³/mol. The molecule has 1 heterocycles. The lowest BCUT2D eigenvalue weighted by atomic mass is 10.2. The zero-order valence-electron chi connectivity index (χ0n) is 19.4. The van der Waals surface area contributed by atoms with E-state index in [4.69, 9.17) is 20.8 Å². The number of fused-ring (bicyclic) bond motifs is 1. The van der Waals surface area contributed by atoms with Gasteiger partial charge in [0.1, 0.15) is 17.8 Å². The van der Waals surface area contributed by atoms with Crippen molar-refractivity contribution in [3.05, 3.63) is 94.5 Å². The van der Waals surface area contributed by atoms with Crippen molar-refractivity contribution >= 4 is 41.2 Å². The average Bonchev–Trinajstić information content (AvgIpc) is 2.98. The van der Waals surface area contributed by atoms with Crippen molar-refractivity contribution in [1.29, 1.82) is 0 Å². The van der Waals surface area contributed by atoms with Gasteiger partial charge in [-0.05, 0) is 21.5 Å². The minimum absolute atomic E-state index is 0.126. The monoisotopic (exact) mass is 494 g/mol. The van der Waals surface area contributed by atoms with Gasteiger partial charge < -0.3 is 9.16 Å². The van der Waals surface area contributed by atoms with Gasteiger partial charge in [0.2, 0.25) is 5.75 Å². The number of benzene rings is 3. The molecule has 0 amide bonds. The smallest absolute Gasteiger partial charge is 0.311 e. The molecule has 0 aromatic heterocycles. The number of hydrogen-bond acceptors (Lipinski definition) is 5. The Morgan fingerprint density at radius 1 is 1.03 bits per heavy atom. The van der Waals surface area contributed by atoms with E-state index < -0.39 is 19.3 Å². The summed E-state index contributed by atoms with van der Waals surface area (Å²) in [4.78, 5) is 15.6. The molecular formula is C26H27ClN2O4Si. The number of aliphatic imine (C=N–C) groups is 1. The summed E-state index contributed by atoms with van der Waals surface area (Å²) in [5.41, 5.74) is 0.295. The summed E-state index contributed by atoms with van der Waals surface area (Å²) in [6.07, 6.45) is 0. The summed E-state index contributed by atoms with van der Waals surface area (Å²) in [5, 5.41) is 13.8. The second kappa shape index (κ2) is 9.70. The molecule has 0 bridgehead atoms. The summed E-state index contributed by atoms with van der Waals surface area (Å²) in [6, 6.07) is 24.9. The van der Waals surface area contributed by atoms with E-state index in [0.717, 1.165) is 10.4 Å². The molecule has 0 aliphatic carbocycles. The van der Waals surface area contributed by atoms with Crippen LogP contribution in [-0.4, -0.2) is 37.7 Å². The van der Waals surface area contributed by atoms with Crippen molar-refractivity contribution in [2.45, 2.75) is 31.9 Å². The maximum absolute atomic E-state index is 11.5. The van der Waals surface area contributed by atoms with Crippen LogP contribution in [0.15, 0.2) is 83.9 Å². The Balaban J connectivity index is 1.70. The van der Waals surface area contributed by atoms with Crippen LogP contribution in [0.4, 0.5) is 5.69 Å². The van der Waals surface area contributed by atoms with Crippen LogP contribution in [0.3, 0.4) is 0 Å². The van der Waals surface area contributed by atoms with Gasteiger partial charge in [-0.1, -0.05) is 99.1 Å². The summed E-state index contributed by atoms with van der Waals surface area (Å²) < 4.78 is 12.8.